The fourth-order valence-corrected chi connectivity index (χ4v) is 10.0. The Balaban J connectivity index is 5.52. The van der Waals surface area contributed by atoms with Crippen LogP contribution in [0.15, 0.2) is 0 Å². The quantitative estimate of drug-likeness (QED) is 0.0354. The molecule has 0 atom stereocenters. The average Bonchev–Trinajstić information content (AvgIpc) is 3.42. The van der Waals surface area contributed by atoms with E-state index in [1.165, 1.54) is 89.9 Å². The minimum atomic E-state index is -0.293. The van der Waals surface area contributed by atoms with Gasteiger partial charge in [-0.1, -0.05) is 190 Å². The zero-order chi connectivity index (χ0) is 56.7. The molecule has 77 heavy (non-hydrogen) atoms. The zero-order valence-corrected chi connectivity index (χ0v) is 51.7. The largest absolute Gasteiger partial charge is 0.465 e. The molecule has 0 aliphatic carbocycles. The Hall–Kier alpha value is -2.64. The van der Waals surface area contributed by atoms with Gasteiger partial charge in [-0.15, -0.1) is 0 Å². The van der Waals surface area contributed by atoms with E-state index in [1.54, 1.807) is 0 Å². The van der Waals surface area contributed by atoms with E-state index in [1.807, 2.05) is 9.80 Å². The fourth-order valence-electron chi connectivity index (χ4n) is 10.0. The normalized spacial score (nSPS) is 11.6. The van der Waals surface area contributed by atoms with Crippen molar-refractivity contribution in [2.24, 2.45) is 11.8 Å². The summed E-state index contributed by atoms with van der Waals surface area (Å²) in [6.07, 6.45) is 36.8. The van der Waals surface area contributed by atoms with E-state index in [9.17, 15) is 24.3 Å². The van der Waals surface area contributed by atoms with Crippen molar-refractivity contribution >= 4 is 24.1 Å². The SMILES string of the molecule is CCCCCCCN(CCCCCC(=O)OCC(CCCCC)CCCCC)C(=O)OCCN(CCOC(=O)N(CCCCCCC)CCCCCC(=O)OCC(CCCCC)CCCCC)CCN(CC)CCCCO. The molecule has 1 N–H and O–H groups in total. The Kier molecular flexibility index (Phi) is 54.7. The van der Waals surface area contributed by atoms with Crippen LogP contribution in [0.3, 0.4) is 0 Å². The number of ether oxygens (including phenoxy) is 4. The van der Waals surface area contributed by atoms with Crippen LogP contribution in [0.5, 0.6) is 0 Å². The summed E-state index contributed by atoms with van der Waals surface area (Å²) < 4.78 is 23.6. The average molecular weight is 1100 g/mol. The lowest BCUT2D eigenvalue weighted by molar-refractivity contribution is -0.146. The molecule has 2 amide bonds. The second-order valence-corrected chi connectivity index (χ2v) is 22.4. The van der Waals surface area contributed by atoms with Gasteiger partial charge in [-0.2, -0.15) is 0 Å². The number of carbonyl (C=O) groups excluding carboxylic acids is 4. The molecule has 0 fully saturated rings. The first-order valence-electron chi connectivity index (χ1n) is 32.8. The van der Waals surface area contributed by atoms with Crippen LogP contribution in [0.2, 0.25) is 0 Å². The molecular formula is C64H126N4O9. The molecule has 0 spiro atoms. The molecule has 0 radical (unpaired) electrons. The standard InChI is InChI=1S/C64H126N4O9/c1-8-15-21-23-33-46-67(48-35-25-31-43-61(70)76-57-59(39-27-17-10-3)40-28-18-11-4)63(72)74-55-52-66(51-50-65(14-7)45-37-38-54-69)53-56-75-64(73)68(47-34-24-22-16-9-2)49-36-26-32-44-62(71)77-58-60(41-29-19-12-5)42-30-20-13-6/h59-60,69H,8-58H2,1-7H3. The van der Waals surface area contributed by atoms with Crippen molar-refractivity contribution in [1.29, 1.82) is 0 Å². The van der Waals surface area contributed by atoms with Crippen molar-refractivity contribution < 1.29 is 43.2 Å². The van der Waals surface area contributed by atoms with Gasteiger partial charge in [0.25, 0.3) is 0 Å². The van der Waals surface area contributed by atoms with E-state index in [-0.39, 0.29) is 43.9 Å². The molecule has 0 bridgehead atoms. The molecule has 0 saturated carbocycles. The molecule has 13 nitrogen and oxygen atoms in total. The summed E-state index contributed by atoms with van der Waals surface area (Å²) in [5.41, 5.74) is 0. The van der Waals surface area contributed by atoms with E-state index < -0.39 is 0 Å². The van der Waals surface area contributed by atoms with Crippen LogP contribution in [0.4, 0.5) is 9.59 Å². The van der Waals surface area contributed by atoms with Gasteiger partial charge in [0.1, 0.15) is 13.2 Å². The highest BCUT2D eigenvalue weighted by atomic mass is 16.6. The summed E-state index contributed by atoms with van der Waals surface area (Å²) >= 11 is 0. The van der Waals surface area contributed by atoms with Crippen LogP contribution in [0.1, 0.15) is 280 Å². The van der Waals surface area contributed by atoms with Gasteiger partial charge in [0.15, 0.2) is 0 Å². The molecule has 0 aromatic rings. The first-order valence-corrected chi connectivity index (χ1v) is 32.8. The van der Waals surface area contributed by atoms with Gasteiger partial charge in [-0.25, -0.2) is 9.59 Å². The van der Waals surface area contributed by atoms with Crippen molar-refractivity contribution in [2.75, 3.05) is 98.5 Å². The van der Waals surface area contributed by atoms with Crippen molar-refractivity contribution in [3.63, 3.8) is 0 Å². The predicted octanol–water partition coefficient (Wildman–Crippen LogP) is 16.0. The topological polar surface area (TPSA) is 138 Å². The highest BCUT2D eigenvalue weighted by molar-refractivity contribution is 5.70. The number of aliphatic hydroxyl groups is 1. The van der Waals surface area contributed by atoms with E-state index in [0.717, 1.165) is 155 Å². The molecule has 0 aromatic carbocycles. The Morgan fingerprint density at radius 3 is 1.01 bits per heavy atom. The molecule has 456 valence electrons. The van der Waals surface area contributed by atoms with E-state index >= 15 is 0 Å². The summed E-state index contributed by atoms with van der Waals surface area (Å²) in [6.45, 7) is 24.1. The molecular weight excluding hydrogens is 969 g/mol. The van der Waals surface area contributed by atoms with Gasteiger partial charge in [-0.3, -0.25) is 14.5 Å². The summed E-state index contributed by atoms with van der Waals surface area (Å²) in [7, 11) is 0. The van der Waals surface area contributed by atoms with Gasteiger partial charge in [0.2, 0.25) is 0 Å². The maximum absolute atomic E-state index is 13.7. The predicted molar refractivity (Wildman–Crippen MR) is 321 cm³/mol. The number of nitrogens with zero attached hydrogens (tertiary/aromatic N) is 4. The number of rotatable bonds is 58. The number of hydrogen-bond donors (Lipinski definition) is 1. The van der Waals surface area contributed by atoms with Crippen LogP contribution < -0.4 is 0 Å². The number of aliphatic hydroxyl groups excluding tert-OH is 1. The number of hydrogen-bond acceptors (Lipinski definition) is 11. The Bertz CT molecular complexity index is 1220. The lowest BCUT2D eigenvalue weighted by Crippen LogP contribution is -2.41. The van der Waals surface area contributed by atoms with Crippen molar-refractivity contribution in [3.8, 4) is 0 Å². The monoisotopic (exact) mass is 1090 g/mol. The maximum atomic E-state index is 13.7. The van der Waals surface area contributed by atoms with Gasteiger partial charge in [-0.05, 0) is 102 Å². The van der Waals surface area contributed by atoms with Crippen LogP contribution in [-0.2, 0) is 28.5 Å². The van der Waals surface area contributed by atoms with Crippen LogP contribution in [0, 0.1) is 11.8 Å². The van der Waals surface area contributed by atoms with Crippen molar-refractivity contribution in [3.05, 3.63) is 0 Å². The zero-order valence-electron chi connectivity index (χ0n) is 51.7. The number of carbonyl (C=O) groups is 4. The van der Waals surface area contributed by atoms with Crippen LogP contribution in [0.25, 0.3) is 0 Å². The minimum Gasteiger partial charge on any atom is -0.465 e. The van der Waals surface area contributed by atoms with E-state index in [4.69, 9.17) is 18.9 Å². The second-order valence-electron chi connectivity index (χ2n) is 22.4. The third-order valence-electron chi connectivity index (χ3n) is 15.3. The first-order chi connectivity index (χ1) is 37.6. The Morgan fingerprint density at radius 1 is 0.338 bits per heavy atom. The van der Waals surface area contributed by atoms with Crippen molar-refractivity contribution in [2.45, 2.75) is 280 Å². The fraction of sp³-hybridized carbons (Fsp3) is 0.938. The van der Waals surface area contributed by atoms with Gasteiger partial charge >= 0.3 is 24.1 Å². The maximum Gasteiger partial charge on any atom is 0.409 e. The van der Waals surface area contributed by atoms with Crippen molar-refractivity contribution in [1.82, 2.24) is 19.6 Å². The van der Waals surface area contributed by atoms with Gasteiger partial charge < -0.3 is 38.8 Å². The van der Waals surface area contributed by atoms with Gasteiger partial charge in [0.05, 0.1) is 13.2 Å². The molecule has 0 aromatic heterocycles. The smallest absolute Gasteiger partial charge is 0.409 e. The molecule has 0 rings (SSSR count). The molecule has 0 saturated heterocycles. The van der Waals surface area contributed by atoms with E-state index in [2.05, 4.69) is 58.3 Å². The van der Waals surface area contributed by atoms with E-state index in [0.29, 0.717) is 77.2 Å². The number of unbranched alkanes of at least 4 members (excludes halogenated alkanes) is 21. The number of esters is 2. The van der Waals surface area contributed by atoms with Crippen LogP contribution >= 0.6 is 0 Å². The Morgan fingerprint density at radius 2 is 0.662 bits per heavy atom. The summed E-state index contributed by atoms with van der Waals surface area (Å²) in [6, 6.07) is 0. The molecule has 0 aliphatic rings. The highest BCUT2D eigenvalue weighted by Gasteiger charge is 2.20. The highest BCUT2D eigenvalue weighted by Crippen LogP contribution is 2.21. The molecule has 0 unspecified atom stereocenters. The van der Waals surface area contributed by atoms with Gasteiger partial charge in [0, 0.05) is 71.8 Å². The summed E-state index contributed by atoms with van der Waals surface area (Å²) in [5, 5.41) is 9.40. The van der Waals surface area contributed by atoms with Crippen LogP contribution in [-0.4, -0.2) is 147 Å². The molecule has 13 heteroatoms. The first kappa shape index (κ1) is 74.4. The lowest BCUT2D eigenvalue weighted by atomic mass is 9.96. The third-order valence-corrected chi connectivity index (χ3v) is 15.3. The molecule has 0 heterocycles. The lowest BCUT2D eigenvalue weighted by Gasteiger charge is -2.28. The minimum absolute atomic E-state index is 0.105. The number of amides is 2. The molecule has 0 aliphatic heterocycles. The summed E-state index contributed by atoms with van der Waals surface area (Å²) in [5.74, 6) is 0.704. The summed E-state index contributed by atoms with van der Waals surface area (Å²) in [4.78, 5) is 61.3. The Labute approximate surface area is 475 Å². The number of likely N-dealkylation sites (N-methyl/N-ethyl adjacent to an activating group) is 1. The third kappa shape index (κ3) is 46.8. The second kappa shape index (κ2) is 56.6.